The van der Waals surface area contributed by atoms with E-state index in [1.807, 2.05) is 41.3 Å². The summed E-state index contributed by atoms with van der Waals surface area (Å²) in [6.07, 6.45) is 1.79. The quantitative estimate of drug-likeness (QED) is 0.510. The Hall–Kier alpha value is -3.26. The van der Waals surface area contributed by atoms with E-state index >= 15 is 0 Å². The van der Waals surface area contributed by atoms with Crippen molar-refractivity contribution in [3.8, 4) is 33.6 Å². The van der Waals surface area contributed by atoms with E-state index in [0.29, 0.717) is 34.5 Å². The highest BCUT2D eigenvalue weighted by Crippen LogP contribution is 2.41. The Balaban J connectivity index is 1.63. The van der Waals surface area contributed by atoms with E-state index in [1.165, 1.54) is 11.3 Å². The summed E-state index contributed by atoms with van der Waals surface area (Å²) in [6.45, 7) is 0.675. The molecule has 1 aromatic heterocycles. The number of hydrogen-bond acceptors (Lipinski definition) is 7. The van der Waals surface area contributed by atoms with E-state index in [-0.39, 0.29) is 11.9 Å². The number of carbonyl (C=O) groups is 1. The number of carbonyl (C=O) groups excluding carboxylic acids is 1. The van der Waals surface area contributed by atoms with Gasteiger partial charge >= 0.3 is 0 Å². The zero-order valence-corrected chi connectivity index (χ0v) is 19.4. The van der Waals surface area contributed by atoms with Gasteiger partial charge in [0.1, 0.15) is 22.2 Å². The molecule has 0 N–H and O–H groups in total. The molecule has 0 bridgehead atoms. The first-order chi connectivity index (χ1) is 15.6. The number of benzene rings is 2. The standard InChI is InChI=1S/C24H26N2O5S/c1-28-15-10-11-16(21(13-15)30-3)19-8-6-12-26(19)24(27)18-14-32-23(25-18)17-7-5-9-20(29-2)22(17)31-4/h5,7,9-11,13-14,19H,6,8,12H2,1-4H3. The summed E-state index contributed by atoms with van der Waals surface area (Å²) >= 11 is 1.41. The summed E-state index contributed by atoms with van der Waals surface area (Å²) in [5.41, 5.74) is 2.20. The SMILES string of the molecule is COc1ccc(C2CCCN2C(=O)c2csc(-c3cccc(OC)c3OC)n2)c(OC)c1. The van der Waals surface area contributed by atoms with E-state index in [0.717, 1.165) is 29.7 Å². The van der Waals surface area contributed by atoms with Crippen molar-refractivity contribution in [3.05, 3.63) is 53.0 Å². The molecule has 1 amide bonds. The van der Waals surface area contributed by atoms with Crippen molar-refractivity contribution in [2.45, 2.75) is 18.9 Å². The number of hydrogen-bond donors (Lipinski definition) is 0. The Bertz CT molecular complexity index is 1110. The van der Waals surface area contributed by atoms with Crippen LogP contribution in [0.1, 0.15) is 34.9 Å². The first-order valence-corrected chi connectivity index (χ1v) is 11.2. The average molecular weight is 455 g/mol. The van der Waals surface area contributed by atoms with Crippen molar-refractivity contribution >= 4 is 17.2 Å². The molecule has 2 aromatic carbocycles. The van der Waals surface area contributed by atoms with Crippen LogP contribution >= 0.6 is 11.3 Å². The van der Waals surface area contributed by atoms with Gasteiger partial charge in [0.05, 0.1) is 40.0 Å². The van der Waals surface area contributed by atoms with E-state index in [2.05, 4.69) is 4.98 Å². The molecule has 1 unspecified atom stereocenters. The normalized spacial score (nSPS) is 15.5. The van der Waals surface area contributed by atoms with E-state index in [9.17, 15) is 4.79 Å². The monoisotopic (exact) mass is 454 g/mol. The van der Waals surface area contributed by atoms with Crippen molar-refractivity contribution in [2.24, 2.45) is 0 Å². The van der Waals surface area contributed by atoms with Crippen LogP contribution in [-0.2, 0) is 0 Å². The first kappa shape index (κ1) is 22.0. The zero-order chi connectivity index (χ0) is 22.7. The van der Waals surface area contributed by atoms with Crippen LogP contribution in [0.4, 0.5) is 0 Å². The molecule has 32 heavy (non-hydrogen) atoms. The fraction of sp³-hybridized carbons (Fsp3) is 0.333. The summed E-state index contributed by atoms with van der Waals surface area (Å²) < 4.78 is 21.8. The summed E-state index contributed by atoms with van der Waals surface area (Å²) in [6, 6.07) is 11.3. The van der Waals surface area contributed by atoms with Crippen LogP contribution in [-0.4, -0.2) is 50.8 Å². The zero-order valence-electron chi connectivity index (χ0n) is 18.6. The molecular weight excluding hydrogens is 428 g/mol. The number of aromatic nitrogens is 1. The number of thiazole rings is 1. The minimum atomic E-state index is -0.0882. The number of rotatable bonds is 7. The van der Waals surface area contributed by atoms with Gasteiger partial charge in [-0.3, -0.25) is 4.79 Å². The number of methoxy groups -OCH3 is 4. The van der Waals surface area contributed by atoms with Crippen LogP contribution < -0.4 is 18.9 Å². The van der Waals surface area contributed by atoms with Gasteiger partial charge < -0.3 is 23.8 Å². The number of ether oxygens (including phenoxy) is 4. The van der Waals surface area contributed by atoms with Gasteiger partial charge in [0.15, 0.2) is 11.5 Å². The molecule has 168 valence electrons. The fourth-order valence-electron chi connectivity index (χ4n) is 4.13. The van der Waals surface area contributed by atoms with E-state index in [4.69, 9.17) is 18.9 Å². The van der Waals surface area contributed by atoms with Gasteiger partial charge in [-0.15, -0.1) is 11.3 Å². The van der Waals surface area contributed by atoms with Crippen molar-refractivity contribution in [1.29, 1.82) is 0 Å². The smallest absolute Gasteiger partial charge is 0.273 e. The van der Waals surface area contributed by atoms with Gasteiger partial charge in [0.2, 0.25) is 0 Å². The van der Waals surface area contributed by atoms with E-state index in [1.54, 1.807) is 33.8 Å². The van der Waals surface area contributed by atoms with E-state index < -0.39 is 0 Å². The molecule has 0 saturated carbocycles. The molecule has 7 nitrogen and oxygen atoms in total. The lowest BCUT2D eigenvalue weighted by molar-refractivity contribution is 0.0729. The molecular formula is C24H26N2O5S. The number of likely N-dealkylation sites (tertiary alicyclic amines) is 1. The second-order valence-corrected chi connectivity index (χ2v) is 8.20. The molecule has 8 heteroatoms. The third kappa shape index (κ3) is 3.98. The molecule has 1 aliphatic rings. The second-order valence-electron chi connectivity index (χ2n) is 7.34. The van der Waals surface area contributed by atoms with Gasteiger partial charge in [-0.2, -0.15) is 0 Å². The molecule has 0 radical (unpaired) electrons. The summed E-state index contributed by atoms with van der Waals surface area (Å²) in [5.74, 6) is 2.58. The molecule has 1 atom stereocenters. The third-order valence-corrected chi connectivity index (χ3v) is 6.55. The topological polar surface area (TPSA) is 70.1 Å². The molecule has 0 spiro atoms. The highest BCUT2D eigenvalue weighted by atomic mass is 32.1. The second kappa shape index (κ2) is 9.48. The molecule has 1 aliphatic heterocycles. The Labute approximate surface area is 191 Å². The predicted octanol–water partition coefficient (Wildman–Crippen LogP) is 4.82. The lowest BCUT2D eigenvalue weighted by Gasteiger charge is -2.26. The number of para-hydroxylation sites is 1. The maximum absolute atomic E-state index is 13.4. The minimum Gasteiger partial charge on any atom is -0.497 e. The Morgan fingerprint density at radius 2 is 1.84 bits per heavy atom. The molecule has 1 fully saturated rings. The molecule has 1 saturated heterocycles. The largest absolute Gasteiger partial charge is 0.497 e. The summed E-state index contributed by atoms with van der Waals surface area (Å²) in [4.78, 5) is 20.0. The Morgan fingerprint density at radius 1 is 1.03 bits per heavy atom. The van der Waals surface area contributed by atoms with Gasteiger partial charge in [-0.1, -0.05) is 6.07 Å². The van der Waals surface area contributed by atoms with Crippen molar-refractivity contribution in [2.75, 3.05) is 35.0 Å². The van der Waals surface area contributed by atoms with Gasteiger partial charge in [-0.05, 0) is 37.1 Å². The summed E-state index contributed by atoms with van der Waals surface area (Å²) in [5, 5.41) is 2.51. The van der Waals surface area contributed by atoms with Crippen LogP contribution in [0.5, 0.6) is 23.0 Å². The van der Waals surface area contributed by atoms with Crippen LogP contribution in [0.15, 0.2) is 41.8 Å². The van der Waals surface area contributed by atoms with Gasteiger partial charge in [0, 0.05) is 23.6 Å². The lowest BCUT2D eigenvalue weighted by Crippen LogP contribution is -2.31. The van der Waals surface area contributed by atoms with Crippen LogP contribution in [0.25, 0.3) is 10.6 Å². The summed E-state index contributed by atoms with van der Waals surface area (Å²) in [7, 11) is 6.45. The molecule has 0 aliphatic carbocycles. The van der Waals surface area contributed by atoms with Crippen molar-refractivity contribution in [1.82, 2.24) is 9.88 Å². The van der Waals surface area contributed by atoms with Crippen LogP contribution in [0.3, 0.4) is 0 Å². The van der Waals surface area contributed by atoms with Crippen molar-refractivity contribution in [3.63, 3.8) is 0 Å². The predicted molar refractivity (Wildman–Crippen MR) is 123 cm³/mol. The highest BCUT2D eigenvalue weighted by Gasteiger charge is 2.33. The Kier molecular flexibility index (Phi) is 6.50. The first-order valence-electron chi connectivity index (χ1n) is 10.3. The highest BCUT2D eigenvalue weighted by molar-refractivity contribution is 7.13. The van der Waals surface area contributed by atoms with Crippen molar-refractivity contribution < 1.29 is 23.7 Å². The lowest BCUT2D eigenvalue weighted by atomic mass is 10.0. The maximum Gasteiger partial charge on any atom is 0.273 e. The number of nitrogens with zero attached hydrogens (tertiary/aromatic N) is 2. The number of amides is 1. The molecule has 4 rings (SSSR count). The van der Waals surface area contributed by atoms with Gasteiger partial charge in [0.25, 0.3) is 5.91 Å². The average Bonchev–Trinajstić information content (AvgIpc) is 3.52. The van der Waals surface area contributed by atoms with Crippen LogP contribution in [0.2, 0.25) is 0 Å². The Morgan fingerprint density at radius 3 is 2.56 bits per heavy atom. The molecule has 2 heterocycles. The fourth-order valence-corrected chi connectivity index (χ4v) is 4.94. The van der Waals surface area contributed by atoms with Gasteiger partial charge in [-0.25, -0.2) is 4.98 Å². The third-order valence-electron chi connectivity index (χ3n) is 5.67. The minimum absolute atomic E-state index is 0.0696. The molecule has 3 aromatic rings. The van der Waals surface area contributed by atoms with Crippen LogP contribution in [0, 0.1) is 0 Å². The maximum atomic E-state index is 13.4.